The third kappa shape index (κ3) is 5.37. The molecule has 0 unspecified atom stereocenters. The predicted octanol–water partition coefficient (Wildman–Crippen LogP) is 13.2. The summed E-state index contributed by atoms with van der Waals surface area (Å²) < 4.78 is 8.84. The number of rotatable bonds is 6. The van der Waals surface area contributed by atoms with Gasteiger partial charge in [-0.25, -0.2) is 15.0 Å². The van der Waals surface area contributed by atoms with Gasteiger partial charge in [0.05, 0.1) is 22.1 Å². The van der Waals surface area contributed by atoms with Crippen LogP contribution in [0, 0.1) is 0 Å². The van der Waals surface area contributed by atoms with Crippen LogP contribution in [0.2, 0.25) is 0 Å². The van der Waals surface area contributed by atoms with Crippen molar-refractivity contribution in [1.82, 2.24) is 19.5 Å². The summed E-state index contributed by atoms with van der Waals surface area (Å²) in [5.41, 5.74) is 12.3. The van der Waals surface area contributed by atoms with Crippen LogP contribution >= 0.6 is 0 Å². The summed E-state index contributed by atoms with van der Waals surface area (Å²) >= 11 is 0. The van der Waals surface area contributed by atoms with Crippen molar-refractivity contribution in [2.75, 3.05) is 0 Å². The highest BCUT2D eigenvalue weighted by atomic mass is 16.3. The third-order valence-electron chi connectivity index (χ3n) is 10.6. The lowest BCUT2D eigenvalue weighted by atomic mass is 10.0. The molecule has 0 bridgehead atoms. The van der Waals surface area contributed by atoms with Gasteiger partial charge >= 0.3 is 0 Å². The molecule has 56 heavy (non-hydrogen) atoms. The molecule has 0 saturated heterocycles. The lowest BCUT2D eigenvalue weighted by Crippen LogP contribution is -2.00. The van der Waals surface area contributed by atoms with Gasteiger partial charge in [-0.15, -0.1) is 0 Å². The van der Waals surface area contributed by atoms with Gasteiger partial charge in [0.1, 0.15) is 11.2 Å². The van der Waals surface area contributed by atoms with E-state index in [0.29, 0.717) is 17.5 Å². The van der Waals surface area contributed by atoms with E-state index in [1.807, 2.05) is 42.5 Å². The lowest BCUT2D eigenvalue weighted by molar-refractivity contribution is 0.669. The summed E-state index contributed by atoms with van der Waals surface area (Å²) in [6.07, 6.45) is 0. The van der Waals surface area contributed by atoms with Gasteiger partial charge in [-0.3, -0.25) is 0 Å². The first-order valence-corrected chi connectivity index (χ1v) is 18.8. The Labute approximate surface area is 322 Å². The van der Waals surface area contributed by atoms with E-state index >= 15 is 0 Å². The molecule has 8 aromatic carbocycles. The molecule has 3 heterocycles. The Morgan fingerprint density at radius 1 is 0.321 bits per heavy atom. The van der Waals surface area contributed by atoms with Crippen LogP contribution in [0.3, 0.4) is 0 Å². The fourth-order valence-electron chi connectivity index (χ4n) is 8.00. The van der Waals surface area contributed by atoms with Crippen LogP contribution < -0.4 is 0 Å². The van der Waals surface area contributed by atoms with Gasteiger partial charge in [0.2, 0.25) is 0 Å². The molecule has 3 aromatic heterocycles. The molecule has 5 nitrogen and oxygen atoms in total. The van der Waals surface area contributed by atoms with Crippen LogP contribution in [0.1, 0.15) is 0 Å². The van der Waals surface area contributed by atoms with Crippen LogP contribution in [0.5, 0.6) is 0 Å². The maximum atomic E-state index is 6.48. The second-order valence-electron chi connectivity index (χ2n) is 14.0. The van der Waals surface area contributed by atoms with E-state index in [-0.39, 0.29) is 0 Å². The highest BCUT2D eigenvalue weighted by Gasteiger charge is 2.20. The van der Waals surface area contributed by atoms with Crippen molar-refractivity contribution in [3.8, 4) is 62.1 Å². The summed E-state index contributed by atoms with van der Waals surface area (Å²) in [5, 5.41) is 4.43. The molecule has 0 atom stereocenters. The smallest absolute Gasteiger partial charge is 0.164 e. The molecule has 0 N–H and O–H groups in total. The van der Waals surface area contributed by atoms with Crippen molar-refractivity contribution in [2.24, 2.45) is 0 Å². The van der Waals surface area contributed by atoms with E-state index in [1.54, 1.807) is 0 Å². The Bertz CT molecular complexity index is 3240. The van der Waals surface area contributed by atoms with E-state index in [4.69, 9.17) is 19.4 Å². The highest BCUT2D eigenvalue weighted by Crippen LogP contribution is 2.41. The monoisotopic (exact) mass is 716 g/mol. The molecule has 0 aliphatic carbocycles. The van der Waals surface area contributed by atoms with Crippen LogP contribution in [0.15, 0.2) is 199 Å². The largest absolute Gasteiger partial charge is 0.456 e. The maximum Gasteiger partial charge on any atom is 0.164 e. The molecular weight excluding hydrogens is 685 g/mol. The Morgan fingerprint density at radius 3 is 1.57 bits per heavy atom. The SMILES string of the molecule is c1ccc(-c2cccc(-c3nc(-c4ccccc4)nc(-c4ccc5c(c4)c4ccccc4n5-c4cccc5oc6ccc(-c7ccccc7)cc6c45)n3)c2)cc1. The van der Waals surface area contributed by atoms with Gasteiger partial charge in [0.15, 0.2) is 17.5 Å². The fraction of sp³-hybridized carbons (Fsp3) is 0. The van der Waals surface area contributed by atoms with Gasteiger partial charge < -0.3 is 8.98 Å². The molecule has 0 saturated carbocycles. The zero-order valence-corrected chi connectivity index (χ0v) is 30.2. The minimum absolute atomic E-state index is 0.620. The lowest BCUT2D eigenvalue weighted by Gasteiger charge is -2.11. The summed E-state index contributed by atoms with van der Waals surface area (Å²) in [4.78, 5) is 15.3. The number of fused-ring (bicyclic) bond motifs is 6. The molecule has 0 spiro atoms. The molecule has 0 fully saturated rings. The molecule has 262 valence electrons. The van der Waals surface area contributed by atoms with E-state index in [9.17, 15) is 0 Å². The minimum atomic E-state index is 0.620. The first-order valence-electron chi connectivity index (χ1n) is 18.8. The summed E-state index contributed by atoms with van der Waals surface area (Å²) in [5.74, 6) is 1.88. The standard InChI is InChI=1S/C51H32N4O/c1-4-14-33(15-5-1)36-20-12-21-38(30-36)50-52-49(35-18-8-3-9-19-35)53-51(54-50)39-26-28-44-41(32-39)40-22-10-11-23-43(40)55(44)45-24-13-25-47-48(45)42-31-37(27-29-46(42)56-47)34-16-6-2-7-17-34/h1-32H. The Hall–Kier alpha value is -7.63. The van der Waals surface area contributed by atoms with Gasteiger partial charge in [-0.1, -0.05) is 140 Å². The van der Waals surface area contributed by atoms with Crippen molar-refractivity contribution < 1.29 is 4.42 Å². The van der Waals surface area contributed by atoms with E-state index in [0.717, 1.165) is 82.8 Å². The minimum Gasteiger partial charge on any atom is -0.456 e. The maximum absolute atomic E-state index is 6.48. The van der Waals surface area contributed by atoms with Crippen LogP contribution in [-0.4, -0.2) is 19.5 Å². The average molecular weight is 717 g/mol. The number of para-hydroxylation sites is 1. The van der Waals surface area contributed by atoms with Crippen LogP contribution in [0.25, 0.3) is 106 Å². The second kappa shape index (κ2) is 13.0. The number of furan rings is 1. The average Bonchev–Trinajstić information content (AvgIpc) is 3.82. The number of nitrogens with zero attached hydrogens (tertiary/aromatic N) is 4. The van der Waals surface area contributed by atoms with Gasteiger partial charge in [-0.2, -0.15) is 0 Å². The van der Waals surface area contributed by atoms with Gasteiger partial charge in [-0.05, 0) is 76.9 Å². The molecular formula is C51H32N4O. The van der Waals surface area contributed by atoms with Crippen molar-refractivity contribution >= 4 is 43.7 Å². The van der Waals surface area contributed by atoms with E-state index < -0.39 is 0 Å². The molecule has 11 rings (SSSR count). The first kappa shape index (κ1) is 31.9. The van der Waals surface area contributed by atoms with Gasteiger partial charge in [0, 0.05) is 32.8 Å². The van der Waals surface area contributed by atoms with Crippen molar-refractivity contribution in [3.05, 3.63) is 194 Å². The van der Waals surface area contributed by atoms with Crippen molar-refractivity contribution in [3.63, 3.8) is 0 Å². The topological polar surface area (TPSA) is 56.7 Å². The summed E-state index contributed by atoms with van der Waals surface area (Å²) in [6.45, 7) is 0. The fourth-order valence-corrected chi connectivity index (χ4v) is 8.00. The summed E-state index contributed by atoms with van der Waals surface area (Å²) in [7, 11) is 0. The quantitative estimate of drug-likeness (QED) is 0.172. The molecule has 0 radical (unpaired) electrons. The van der Waals surface area contributed by atoms with Gasteiger partial charge in [0.25, 0.3) is 0 Å². The Balaban J connectivity index is 1.10. The Kier molecular flexibility index (Phi) is 7.42. The van der Waals surface area contributed by atoms with Crippen LogP contribution in [0.4, 0.5) is 0 Å². The number of hydrogen-bond acceptors (Lipinski definition) is 4. The van der Waals surface area contributed by atoms with E-state index in [2.05, 4.69) is 156 Å². The Morgan fingerprint density at radius 2 is 0.839 bits per heavy atom. The molecule has 0 aliphatic heterocycles. The number of hydrogen-bond donors (Lipinski definition) is 0. The second-order valence-corrected chi connectivity index (χ2v) is 14.0. The van der Waals surface area contributed by atoms with Crippen LogP contribution in [-0.2, 0) is 0 Å². The van der Waals surface area contributed by atoms with Crippen molar-refractivity contribution in [2.45, 2.75) is 0 Å². The molecule has 11 aromatic rings. The summed E-state index contributed by atoms with van der Waals surface area (Å²) in [6, 6.07) is 67.4. The normalized spacial score (nSPS) is 11.6. The molecule has 0 amide bonds. The zero-order valence-electron chi connectivity index (χ0n) is 30.2. The first-order chi connectivity index (χ1) is 27.7. The van der Waals surface area contributed by atoms with Crippen molar-refractivity contribution in [1.29, 1.82) is 0 Å². The molecule has 5 heteroatoms. The third-order valence-corrected chi connectivity index (χ3v) is 10.6. The number of aromatic nitrogens is 4. The highest BCUT2D eigenvalue weighted by molar-refractivity contribution is 6.15. The molecule has 0 aliphatic rings. The predicted molar refractivity (Wildman–Crippen MR) is 229 cm³/mol. The number of benzene rings is 8. The van der Waals surface area contributed by atoms with E-state index in [1.165, 1.54) is 5.56 Å². The zero-order chi connectivity index (χ0) is 37.0.